The second-order valence-corrected chi connectivity index (χ2v) is 13.6. The van der Waals surface area contributed by atoms with E-state index in [4.69, 9.17) is 11.6 Å². The van der Waals surface area contributed by atoms with Gasteiger partial charge in [-0.25, -0.2) is 8.42 Å². The number of hydrogen-bond donors (Lipinski definition) is 1. The molecular weight excluding hydrogens is 661 g/mol. The molecule has 1 N–H and O–H groups in total. The lowest BCUT2D eigenvalue weighted by atomic mass is 10.0. The van der Waals surface area contributed by atoms with Gasteiger partial charge in [0.15, 0.2) is 0 Å². The maximum Gasteiger partial charge on any atom is 0.244 e. The quantitative estimate of drug-likeness (QED) is 0.273. The van der Waals surface area contributed by atoms with Gasteiger partial charge < -0.3 is 10.2 Å². The van der Waals surface area contributed by atoms with E-state index in [1.165, 1.54) is 4.90 Å². The van der Waals surface area contributed by atoms with Crippen molar-refractivity contribution in [1.82, 2.24) is 10.2 Å². The molecule has 212 valence electrons. The average Bonchev–Trinajstić information content (AvgIpc) is 3.44. The predicted molar refractivity (Wildman–Crippen MR) is 168 cm³/mol. The summed E-state index contributed by atoms with van der Waals surface area (Å²) in [6, 6.07) is 22.8. The minimum atomic E-state index is -3.81. The van der Waals surface area contributed by atoms with E-state index in [0.717, 1.165) is 45.4 Å². The Balaban J connectivity index is 1.72. The Morgan fingerprint density at radius 2 is 1.60 bits per heavy atom. The highest BCUT2D eigenvalue weighted by atomic mass is 127. The van der Waals surface area contributed by atoms with Crippen molar-refractivity contribution < 1.29 is 18.0 Å². The minimum absolute atomic E-state index is 0.0540. The molecule has 0 aromatic heterocycles. The summed E-state index contributed by atoms with van der Waals surface area (Å²) in [5, 5.41) is 3.62. The number of carbonyl (C=O) groups excluding carboxylic acids is 2. The van der Waals surface area contributed by atoms with E-state index in [1.54, 1.807) is 36.4 Å². The van der Waals surface area contributed by atoms with Crippen molar-refractivity contribution in [2.75, 3.05) is 17.1 Å². The van der Waals surface area contributed by atoms with Gasteiger partial charge in [-0.3, -0.25) is 13.9 Å². The normalized spacial score (nSPS) is 14.5. The number of hydrogen-bond acceptors (Lipinski definition) is 4. The van der Waals surface area contributed by atoms with Gasteiger partial charge in [0.05, 0.1) is 11.9 Å². The number of sulfonamides is 1. The first-order valence-electron chi connectivity index (χ1n) is 13.2. The molecule has 0 bridgehead atoms. The van der Waals surface area contributed by atoms with Gasteiger partial charge >= 0.3 is 0 Å². The molecule has 7 nitrogen and oxygen atoms in total. The molecule has 1 aliphatic rings. The van der Waals surface area contributed by atoms with E-state index in [2.05, 4.69) is 27.9 Å². The molecular formula is C30H33ClIN3O4S. The van der Waals surface area contributed by atoms with Gasteiger partial charge in [0.25, 0.3) is 0 Å². The summed E-state index contributed by atoms with van der Waals surface area (Å²) in [7, 11) is -3.81. The van der Waals surface area contributed by atoms with Crippen LogP contribution >= 0.6 is 34.2 Å². The molecule has 1 saturated carbocycles. The van der Waals surface area contributed by atoms with Gasteiger partial charge in [0.1, 0.15) is 12.6 Å². The predicted octanol–water partition coefficient (Wildman–Crippen LogP) is 5.41. The molecule has 3 aromatic rings. The summed E-state index contributed by atoms with van der Waals surface area (Å²) >= 11 is 8.64. The number of carbonyl (C=O) groups is 2. The Morgan fingerprint density at radius 1 is 0.975 bits per heavy atom. The van der Waals surface area contributed by atoms with Crippen molar-refractivity contribution >= 4 is 61.7 Å². The average molecular weight is 694 g/mol. The maximum atomic E-state index is 14.1. The standard InChI is InChI=1S/C30H33ClIN3O4S/c1-40(38,39)35(26-17-15-24(32)16-18-26)21-29(36)34(20-23-11-5-8-14-27(23)31)28(19-22-9-3-2-4-10-22)30(37)33-25-12-6-7-13-25/h2-5,8-11,14-18,25,28H,6-7,12-13,19-21H2,1H3,(H,33,37)/t28-/m1/s1. The molecule has 0 heterocycles. The Labute approximate surface area is 255 Å². The fourth-order valence-electron chi connectivity index (χ4n) is 4.95. The number of halogens is 2. The molecule has 0 aliphatic heterocycles. The van der Waals surface area contributed by atoms with E-state index in [0.29, 0.717) is 16.3 Å². The zero-order valence-electron chi connectivity index (χ0n) is 22.3. The molecule has 3 aromatic carbocycles. The summed E-state index contributed by atoms with van der Waals surface area (Å²) in [6.07, 6.45) is 5.25. The van der Waals surface area contributed by atoms with E-state index in [1.807, 2.05) is 42.5 Å². The smallest absolute Gasteiger partial charge is 0.244 e. The summed E-state index contributed by atoms with van der Waals surface area (Å²) in [5.41, 5.74) is 1.94. The van der Waals surface area contributed by atoms with Gasteiger partial charge in [0, 0.05) is 27.6 Å². The molecule has 0 radical (unpaired) electrons. The molecule has 4 rings (SSSR count). The van der Waals surface area contributed by atoms with Crippen LogP contribution in [0.4, 0.5) is 5.69 Å². The molecule has 2 amide bonds. The SMILES string of the molecule is CS(=O)(=O)N(CC(=O)N(Cc1ccccc1Cl)[C@H](Cc1ccccc1)C(=O)NC1CCCC1)c1ccc(I)cc1. The number of nitrogens with zero attached hydrogens (tertiary/aromatic N) is 2. The van der Waals surface area contributed by atoms with E-state index in [-0.39, 0.29) is 24.9 Å². The number of benzene rings is 3. The zero-order valence-corrected chi connectivity index (χ0v) is 26.0. The molecule has 0 spiro atoms. The van der Waals surface area contributed by atoms with Crippen LogP contribution in [0.2, 0.25) is 5.02 Å². The topological polar surface area (TPSA) is 86.8 Å². The Morgan fingerprint density at radius 3 is 2.23 bits per heavy atom. The van der Waals surface area contributed by atoms with Gasteiger partial charge in [0.2, 0.25) is 21.8 Å². The summed E-state index contributed by atoms with van der Waals surface area (Å²) in [5.74, 6) is -0.747. The van der Waals surface area contributed by atoms with Crippen LogP contribution in [0.3, 0.4) is 0 Å². The van der Waals surface area contributed by atoms with E-state index >= 15 is 0 Å². The first-order chi connectivity index (χ1) is 19.1. The molecule has 1 atom stereocenters. The highest BCUT2D eigenvalue weighted by Gasteiger charge is 2.34. The van der Waals surface area contributed by atoms with Crippen molar-refractivity contribution in [3.05, 3.63) is 98.6 Å². The van der Waals surface area contributed by atoms with Crippen molar-refractivity contribution in [2.24, 2.45) is 0 Å². The number of amides is 2. The minimum Gasteiger partial charge on any atom is -0.352 e. The molecule has 0 saturated heterocycles. The molecule has 1 aliphatic carbocycles. The van der Waals surface area contributed by atoms with Crippen LogP contribution in [-0.4, -0.2) is 50.0 Å². The first kappa shape index (κ1) is 30.3. The van der Waals surface area contributed by atoms with Crippen LogP contribution in [0.5, 0.6) is 0 Å². The second kappa shape index (κ2) is 13.8. The highest BCUT2D eigenvalue weighted by molar-refractivity contribution is 14.1. The maximum absolute atomic E-state index is 14.1. The van der Waals surface area contributed by atoms with Crippen LogP contribution < -0.4 is 9.62 Å². The third-order valence-corrected chi connectivity index (χ3v) is 9.29. The Kier molecular flexibility index (Phi) is 10.5. The summed E-state index contributed by atoms with van der Waals surface area (Å²) in [4.78, 5) is 29.4. The summed E-state index contributed by atoms with van der Waals surface area (Å²) in [6.45, 7) is -0.399. The lowest BCUT2D eigenvalue weighted by molar-refractivity contribution is -0.140. The van der Waals surface area contributed by atoms with Crippen LogP contribution in [0.15, 0.2) is 78.9 Å². The zero-order chi connectivity index (χ0) is 28.7. The van der Waals surface area contributed by atoms with Gasteiger partial charge in [-0.05, 0) is 76.9 Å². The third kappa shape index (κ3) is 8.20. The van der Waals surface area contributed by atoms with Crippen molar-refractivity contribution in [1.29, 1.82) is 0 Å². The third-order valence-electron chi connectivity index (χ3n) is 7.06. The second-order valence-electron chi connectivity index (χ2n) is 10.1. The number of nitrogens with one attached hydrogen (secondary N) is 1. The van der Waals surface area contributed by atoms with Gasteiger partial charge in [-0.2, -0.15) is 0 Å². The van der Waals surface area contributed by atoms with Crippen LogP contribution in [-0.2, 0) is 32.6 Å². The molecule has 40 heavy (non-hydrogen) atoms. The number of rotatable bonds is 11. The van der Waals surface area contributed by atoms with Crippen molar-refractivity contribution in [3.8, 4) is 0 Å². The van der Waals surface area contributed by atoms with Crippen LogP contribution in [0, 0.1) is 3.57 Å². The van der Waals surface area contributed by atoms with Gasteiger partial charge in [-0.1, -0.05) is 73.0 Å². The Bertz CT molecular complexity index is 1410. The monoisotopic (exact) mass is 693 g/mol. The van der Waals surface area contributed by atoms with E-state index in [9.17, 15) is 18.0 Å². The van der Waals surface area contributed by atoms with Gasteiger partial charge in [-0.15, -0.1) is 0 Å². The van der Waals surface area contributed by atoms with Crippen molar-refractivity contribution in [3.63, 3.8) is 0 Å². The largest absolute Gasteiger partial charge is 0.352 e. The fourth-order valence-corrected chi connectivity index (χ4v) is 6.36. The van der Waals surface area contributed by atoms with Crippen molar-refractivity contribution in [2.45, 2.75) is 50.7 Å². The fraction of sp³-hybridized carbons (Fsp3) is 0.333. The van der Waals surface area contributed by atoms with Crippen LogP contribution in [0.1, 0.15) is 36.8 Å². The molecule has 0 unspecified atom stereocenters. The lowest BCUT2D eigenvalue weighted by Gasteiger charge is -2.34. The lowest BCUT2D eigenvalue weighted by Crippen LogP contribution is -2.54. The summed E-state index contributed by atoms with van der Waals surface area (Å²) < 4.78 is 27.8. The van der Waals surface area contributed by atoms with Crippen LogP contribution in [0.25, 0.3) is 0 Å². The molecule has 10 heteroatoms. The number of anilines is 1. The molecule has 1 fully saturated rings. The highest BCUT2D eigenvalue weighted by Crippen LogP contribution is 2.24. The Hall–Kier alpha value is -2.63. The first-order valence-corrected chi connectivity index (χ1v) is 16.5. The van der Waals surface area contributed by atoms with E-state index < -0.39 is 28.5 Å².